The largest absolute Gasteiger partial charge is 0.353 e. The number of hydrogen-bond acceptors (Lipinski definition) is 4. The zero-order valence-electron chi connectivity index (χ0n) is 15.8. The summed E-state index contributed by atoms with van der Waals surface area (Å²) >= 11 is 0. The molecule has 2 rings (SSSR count). The number of carbonyl (C=O) groups excluding carboxylic acids is 2. The van der Waals surface area contributed by atoms with Gasteiger partial charge >= 0.3 is 0 Å². The number of rotatable bonds is 7. The first-order valence-corrected chi connectivity index (χ1v) is 9.10. The van der Waals surface area contributed by atoms with Gasteiger partial charge in [0.2, 0.25) is 11.8 Å². The summed E-state index contributed by atoms with van der Waals surface area (Å²) in [5.41, 5.74) is 2.04. The molecule has 1 N–H and O–H groups in total. The summed E-state index contributed by atoms with van der Waals surface area (Å²) in [6, 6.07) is 3.63. The lowest BCUT2D eigenvalue weighted by molar-refractivity contribution is -0.138. The highest BCUT2D eigenvalue weighted by Crippen LogP contribution is 2.14. The second kappa shape index (κ2) is 8.94. The van der Waals surface area contributed by atoms with Crippen molar-refractivity contribution in [2.24, 2.45) is 5.92 Å². The van der Waals surface area contributed by atoms with Gasteiger partial charge < -0.3 is 10.2 Å². The average Bonchev–Trinajstić information content (AvgIpc) is 2.58. The van der Waals surface area contributed by atoms with Gasteiger partial charge in [-0.15, -0.1) is 0 Å². The molecule has 1 aromatic rings. The first-order chi connectivity index (χ1) is 11.9. The molecular weight excluding hydrogens is 316 g/mol. The van der Waals surface area contributed by atoms with Gasteiger partial charge in [-0.2, -0.15) is 0 Å². The minimum Gasteiger partial charge on any atom is -0.353 e. The molecule has 6 heteroatoms. The van der Waals surface area contributed by atoms with Crippen LogP contribution in [0.15, 0.2) is 18.3 Å². The molecule has 2 heterocycles. The van der Waals surface area contributed by atoms with E-state index in [1.165, 1.54) is 5.56 Å². The van der Waals surface area contributed by atoms with E-state index in [4.69, 9.17) is 0 Å². The molecule has 25 heavy (non-hydrogen) atoms. The summed E-state index contributed by atoms with van der Waals surface area (Å²) in [6.07, 6.45) is 3.01. The van der Waals surface area contributed by atoms with Crippen LogP contribution in [0.4, 0.5) is 0 Å². The molecule has 0 aliphatic carbocycles. The van der Waals surface area contributed by atoms with Crippen LogP contribution in [0.2, 0.25) is 0 Å². The Hall–Kier alpha value is -1.95. The lowest BCUT2D eigenvalue weighted by atomic mass is 10.1. The summed E-state index contributed by atoms with van der Waals surface area (Å²) in [6.45, 7) is 9.08. The van der Waals surface area contributed by atoms with Crippen LogP contribution in [0.5, 0.6) is 0 Å². The van der Waals surface area contributed by atoms with E-state index in [1.54, 1.807) is 11.9 Å². The molecule has 1 saturated heterocycles. The Labute approximate surface area is 150 Å². The van der Waals surface area contributed by atoms with E-state index >= 15 is 0 Å². The van der Waals surface area contributed by atoms with Gasteiger partial charge in [0.05, 0.1) is 24.7 Å². The zero-order valence-corrected chi connectivity index (χ0v) is 15.8. The average molecular weight is 346 g/mol. The molecule has 1 aliphatic heterocycles. The Morgan fingerprint density at radius 2 is 2.20 bits per heavy atom. The standard InChI is InChI=1S/C19H30N4O2/c1-5-15-6-7-16(21-11-15)13-22(4)18(24)10-17-19(25)20-8-9-23(17)12-14(2)3/h6-7,11,14,17H,5,8-10,12-13H2,1-4H3,(H,20,25)/t17-/m0/s1. The molecule has 0 saturated carbocycles. The molecule has 0 bridgehead atoms. The van der Waals surface area contributed by atoms with Gasteiger partial charge in [0.1, 0.15) is 0 Å². The quantitative estimate of drug-likeness (QED) is 0.811. The zero-order chi connectivity index (χ0) is 18.4. The molecule has 0 unspecified atom stereocenters. The van der Waals surface area contributed by atoms with Crippen LogP contribution in [-0.4, -0.2) is 59.3 Å². The van der Waals surface area contributed by atoms with Crippen LogP contribution >= 0.6 is 0 Å². The van der Waals surface area contributed by atoms with Crippen LogP contribution in [0.3, 0.4) is 0 Å². The number of aryl methyl sites for hydroxylation is 1. The molecule has 1 aromatic heterocycles. The van der Waals surface area contributed by atoms with Crippen molar-refractivity contribution in [3.63, 3.8) is 0 Å². The molecule has 0 radical (unpaired) electrons. The summed E-state index contributed by atoms with van der Waals surface area (Å²) in [5, 5.41) is 2.88. The first-order valence-electron chi connectivity index (χ1n) is 9.10. The fourth-order valence-electron chi connectivity index (χ4n) is 3.08. The Kier molecular flexibility index (Phi) is 6.93. The van der Waals surface area contributed by atoms with Crippen molar-refractivity contribution in [2.75, 3.05) is 26.7 Å². The van der Waals surface area contributed by atoms with Gasteiger partial charge in [-0.3, -0.25) is 19.5 Å². The number of nitrogens with one attached hydrogen (secondary N) is 1. The topological polar surface area (TPSA) is 65.5 Å². The summed E-state index contributed by atoms with van der Waals surface area (Å²) < 4.78 is 0. The van der Waals surface area contributed by atoms with E-state index in [9.17, 15) is 9.59 Å². The van der Waals surface area contributed by atoms with Crippen molar-refractivity contribution in [3.05, 3.63) is 29.6 Å². The summed E-state index contributed by atoms with van der Waals surface area (Å²) in [4.78, 5) is 33.0. The number of pyridine rings is 1. The number of carbonyl (C=O) groups is 2. The third-order valence-electron chi connectivity index (χ3n) is 4.53. The molecular formula is C19H30N4O2. The van der Waals surface area contributed by atoms with E-state index < -0.39 is 0 Å². The fourth-order valence-corrected chi connectivity index (χ4v) is 3.08. The van der Waals surface area contributed by atoms with E-state index in [2.05, 4.69) is 36.0 Å². The third-order valence-corrected chi connectivity index (χ3v) is 4.53. The minimum atomic E-state index is -0.374. The molecule has 1 fully saturated rings. The van der Waals surface area contributed by atoms with Crippen molar-refractivity contribution in [1.29, 1.82) is 0 Å². The number of piperazine rings is 1. The molecule has 0 spiro atoms. The SMILES string of the molecule is CCc1ccc(CN(C)C(=O)C[C@H]2C(=O)NCCN2CC(C)C)nc1. The smallest absolute Gasteiger partial charge is 0.237 e. The molecule has 1 atom stereocenters. The maximum Gasteiger partial charge on any atom is 0.237 e. The Balaban J connectivity index is 1.96. The van der Waals surface area contributed by atoms with E-state index in [0.29, 0.717) is 19.0 Å². The monoisotopic (exact) mass is 346 g/mol. The van der Waals surface area contributed by atoms with Crippen LogP contribution in [0.25, 0.3) is 0 Å². The maximum atomic E-state index is 12.6. The lowest BCUT2D eigenvalue weighted by Gasteiger charge is -2.36. The van der Waals surface area contributed by atoms with Gasteiger partial charge in [-0.1, -0.05) is 26.8 Å². The second-order valence-electron chi connectivity index (χ2n) is 7.16. The fraction of sp³-hybridized carbons (Fsp3) is 0.632. The van der Waals surface area contributed by atoms with Crippen molar-refractivity contribution < 1.29 is 9.59 Å². The Morgan fingerprint density at radius 3 is 2.80 bits per heavy atom. The Bertz CT molecular complexity index is 586. The summed E-state index contributed by atoms with van der Waals surface area (Å²) in [5.74, 6) is 0.388. The second-order valence-corrected chi connectivity index (χ2v) is 7.16. The van der Waals surface area contributed by atoms with Gasteiger partial charge in [0.15, 0.2) is 0 Å². The number of nitrogens with zero attached hydrogens (tertiary/aromatic N) is 3. The van der Waals surface area contributed by atoms with Gasteiger partial charge in [0.25, 0.3) is 0 Å². The number of hydrogen-bond donors (Lipinski definition) is 1. The summed E-state index contributed by atoms with van der Waals surface area (Å²) in [7, 11) is 1.77. The predicted octanol–water partition coefficient (Wildman–Crippen LogP) is 1.45. The van der Waals surface area contributed by atoms with Gasteiger partial charge in [-0.25, -0.2) is 0 Å². The molecule has 2 amide bonds. The van der Waals surface area contributed by atoms with Crippen molar-refractivity contribution in [2.45, 2.75) is 46.2 Å². The van der Waals surface area contributed by atoms with E-state index in [1.807, 2.05) is 18.3 Å². The van der Waals surface area contributed by atoms with Crippen LogP contribution < -0.4 is 5.32 Å². The molecule has 0 aromatic carbocycles. The predicted molar refractivity (Wildman–Crippen MR) is 97.9 cm³/mol. The van der Waals surface area contributed by atoms with Gasteiger partial charge in [-0.05, 0) is 24.0 Å². The normalized spacial score (nSPS) is 18.3. The molecule has 1 aliphatic rings. The van der Waals surface area contributed by atoms with E-state index in [0.717, 1.165) is 25.2 Å². The highest BCUT2D eigenvalue weighted by molar-refractivity contribution is 5.88. The highest BCUT2D eigenvalue weighted by Gasteiger charge is 2.32. The lowest BCUT2D eigenvalue weighted by Crippen LogP contribution is -2.57. The maximum absolute atomic E-state index is 12.6. The minimum absolute atomic E-state index is 0.0304. The first kappa shape index (κ1) is 19.4. The van der Waals surface area contributed by atoms with Crippen LogP contribution in [0.1, 0.15) is 38.4 Å². The van der Waals surface area contributed by atoms with Crippen LogP contribution in [-0.2, 0) is 22.6 Å². The number of aromatic nitrogens is 1. The van der Waals surface area contributed by atoms with Crippen molar-refractivity contribution in [1.82, 2.24) is 20.1 Å². The van der Waals surface area contributed by atoms with E-state index in [-0.39, 0.29) is 24.3 Å². The van der Waals surface area contributed by atoms with Crippen molar-refractivity contribution in [3.8, 4) is 0 Å². The highest BCUT2D eigenvalue weighted by atomic mass is 16.2. The van der Waals surface area contributed by atoms with Crippen molar-refractivity contribution >= 4 is 11.8 Å². The molecule has 138 valence electrons. The van der Waals surface area contributed by atoms with Crippen LogP contribution in [0, 0.1) is 5.92 Å². The Morgan fingerprint density at radius 1 is 1.44 bits per heavy atom. The number of amides is 2. The van der Waals surface area contributed by atoms with Gasteiger partial charge in [0, 0.05) is 32.9 Å². The third kappa shape index (κ3) is 5.53. The molecule has 6 nitrogen and oxygen atoms in total.